The average molecular weight is 311 g/mol. The molecule has 2 rings (SSSR count). The number of carboxylic acid groups (broad SMARTS) is 1. The zero-order valence-corrected chi connectivity index (χ0v) is 12.9. The first-order valence-electron chi connectivity index (χ1n) is 7.19. The second-order valence-corrected chi connectivity index (χ2v) is 7.52. The third-order valence-electron chi connectivity index (χ3n) is 3.93. The van der Waals surface area contributed by atoms with Gasteiger partial charge in [-0.3, -0.25) is 4.79 Å². The van der Waals surface area contributed by atoms with E-state index >= 15 is 0 Å². The topological polar surface area (TPSA) is 74.7 Å². The molecular formula is C15H21NO4S. The van der Waals surface area contributed by atoms with Crippen LogP contribution < -0.4 is 0 Å². The van der Waals surface area contributed by atoms with E-state index in [9.17, 15) is 18.3 Å². The van der Waals surface area contributed by atoms with Gasteiger partial charge < -0.3 is 5.11 Å². The molecule has 0 bridgehead atoms. The van der Waals surface area contributed by atoms with E-state index in [0.29, 0.717) is 13.0 Å². The average Bonchev–Trinajstić information content (AvgIpc) is 2.47. The molecule has 1 saturated heterocycles. The van der Waals surface area contributed by atoms with Crippen molar-refractivity contribution < 1.29 is 18.3 Å². The molecule has 1 heterocycles. The number of hydrogen-bond donors (Lipinski definition) is 1. The fourth-order valence-electron chi connectivity index (χ4n) is 2.77. The highest BCUT2D eigenvalue weighted by atomic mass is 32.2. The van der Waals surface area contributed by atoms with Crippen molar-refractivity contribution in [1.29, 1.82) is 0 Å². The summed E-state index contributed by atoms with van der Waals surface area (Å²) in [6, 6.07) is 8.51. The Morgan fingerprint density at radius 2 is 2.00 bits per heavy atom. The molecule has 0 saturated carbocycles. The van der Waals surface area contributed by atoms with Crippen molar-refractivity contribution in [3.8, 4) is 0 Å². The predicted octanol–water partition coefficient (Wildman–Crippen LogP) is 2.06. The second-order valence-electron chi connectivity index (χ2n) is 5.55. The van der Waals surface area contributed by atoms with Gasteiger partial charge in [0.15, 0.2) is 0 Å². The summed E-state index contributed by atoms with van der Waals surface area (Å²) in [6.45, 7) is 2.16. The van der Waals surface area contributed by atoms with Crippen molar-refractivity contribution in [1.82, 2.24) is 4.31 Å². The van der Waals surface area contributed by atoms with E-state index < -0.39 is 22.0 Å². The van der Waals surface area contributed by atoms with Crippen LogP contribution in [-0.4, -0.2) is 42.1 Å². The van der Waals surface area contributed by atoms with Crippen molar-refractivity contribution >= 4 is 16.0 Å². The van der Waals surface area contributed by atoms with E-state index in [4.69, 9.17) is 0 Å². The number of sulfonamides is 1. The lowest BCUT2D eigenvalue weighted by atomic mass is 10.0. The SMILES string of the molecule is CC(CS(=O)(=O)N1CCCCC1C(=O)O)c1ccccc1. The summed E-state index contributed by atoms with van der Waals surface area (Å²) in [5.74, 6) is -1.26. The molecule has 0 radical (unpaired) electrons. The molecule has 1 aromatic rings. The molecule has 1 aliphatic heterocycles. The minimum atomic E-state index is -3.57. The van der Waals surface area contributed by atoms with Crippen molar-refractivity contribution in [3.63, 3.8) is 0 Å². The lowest BCUT2D eigenvalue weighted by Gasteiger charge is -2.32. The van der Waals surface area contributed by atoms with Gasteiger partial charge in [-0.1, -0.05) is 37.3 Å². The van der Waals surface area contributed by atoms with E-state index in [-0.39, 0.29) is 11.7 Å². The van der Waals surface area contributed by atoms with E-state index in [2.05, 4.69) is 0 Å². The molecule has 21 heavy (non-hydrogen) atoms. The molecule has 1 aliphatic rings. The number of benzene rings is 1. The van der Waals surface area contributed by atoms with Crippen LogP contribution in [0.5, 0.6) is 0 Å². The molecule has 0 spiro atoms. The number of carboxylic acids is 1. The number of carbonyl (C=O) groups is 1. The third kappa shape index (κ3) is 3.83. The predicted molar refractivity (Wildman–Crippen MR) is 80.6 cm³/mol. The molecule has 6 heteroatoms. The van der Waals surface area contributed by atoms with Crippen LogP contribution in [-0.2, 0) is 14.8 Å². The number of aliphatic carboxylic acids is 1. The van der Waals surface area contributed by atoms with E-state index in [1.165, 1.54) is 4.31 Å². The molecule has 2 unspecified atom stereocenters. The smallest absolute Gasteiger partial charge is 0.322 e. The highest BCUT2D eigenvalue weighted by Gasteiger charge is 2.37. The van der Waals surface area contributed by atoms with Gasteiger partial charge in [-0.05, 0) is 30.7 Å². The maximum Gasteiger partial charge on any atom is 0.322 e. The van der Waals surface area contributed by atoms with Crippen LogP contribution in [0.15, 0.2) is 30.3 Å². The van der Waals surface area contributed by atoms with E-state index in [1.807, 2.05) is 37.3 Å². The van der Waals surface area contributed by atoms with Gasteiger partial charge in [0.05, 0.1) is 5.75 Å². The fraction of sp³-hybridized carbons (Fsp3) is 0.533. The maximum absolute atomic E-state index is 12.5. The van der Waals surface area contributed by atoms with Gasteiger partial charge in [0.25, 0.3) is 0 Å². The van der Waals surface area contributed by atoms with Crippen molar-refractivity contribution in [3.05, 3.63) is 35.9 Å². The summed E-state index contributed by atoms with van der Waals surface area (Å²) in [7, 11) is -3.57. The standard InChI is InChI=1S/C15H21NO4S/c1-12(13-7-3-2-4-8-13)11-21(19,20)16-10-6-5-9-14(16)15(17)18/h2-4,7-8,12,14H,5-6,9-11H2,1H3,(H,17,18). The first-order chi connectivity index (χ1) is 9.92. The van der Waals surface area contributed by atoms with Crippen molar-refractivity contribution in [2.24, 2.45) is 0 Å². The first kappa shape index (κ1) is 16.0. The molecule has 1 N–H and O–H groups in total. The summed E-state index contributed by atoms with van der Waals surface area (Å²) in [5, 5.41) is 9.22. The Bertz CT molecular complexity index is 585. The molecule has 1 aromatic carbocycles. The number of rotatable bonds is 5. The lowest BCUT2D eigenvalue weighted by molar-refractivity contribution is -0.142. The van der Waals surface area contributed by atoms with Crippen LogP contribution in [0.1, 0.15) is 37.7 Å². The number of nitrogens with zero attached hydrogens (tertiary/aromatic N) is 1. The van der Waals surface area contributed by atoms with Gasteiger partial charge in [-0.2, -0.15) is 4.31 Å². The quantitative estimate of drug-likeness (QED) is 0.903. The van der Waals surface area contributed by atoms with Gasteiger partial charge >= 0.3 is 5.97 Å². The largest absolute Gasteiger partial charge is 0.480 e. The van der Waals surface area contributed by atoms with Crippen LogP contribution in [0.25, 0.3) is 0 Å². The monoisotopic (exact) mass is 311 g/mol. The van der Waals surface area contributed by atoms with Crippen LogP contribution in [0.4, 0.5) is 0 Å². The molecule has 0 aromatic heterocycles. The molecule has 5 nitrogen and oxygen atoms in total. The zero-order valence-electron chi connectivity index (χ0n) is 12.1. The minimum absolute atomic E-state index is 0.0548. The maximum atomic E-state index is 12.5. The number of piperidine rings is 1. The van der Waals surface area contributed by atoms with E-state index in [1.54, 1.807) is 0 Å². The van der Waals surface area contributed by atoms with Gasteiger partial charge in [-0.25, -0.2) is 8.42 Å². The highest BCUT2D eigenvalue weighted by Crippen LogP contribution is 2.25. The summed E-state index contributed by atoms with van der Waals surface area (Å²) in [6.07, 6.45) is 1.88. The van der Waals surface area contributed by atoms with Gasteiger partial charge in [0.1, 0.15) is 6.04 Å². The van der Waals surface area contributed by atoms with Gasteiger partial charge in [0.2, 0.25) is 10.0 Å². The summed E-state index contributed by atoms with van der Waals surface area (Å²) >= 11 is 0. The van der Waals surface area contributed by atoms with Crippen LogP contribution >= 0.6 is 0 Å². The minimum Gasteiger partial charge on any atom is -0.480 e. The lowest BCUT2D eigenvalue weighted by Crippen LogP contribution is -2.49. The third-order valence-corrected chi connectivity index (χ3v) is 6.00. The van der Waals surface area contributed by atoms with Gasteiger partial charge in [0, 0.05) is 6.54 Å². The summed E-state index contributed by atoms with van der Waals surface area (Å²) < 4.78 is 26.3. The zero-order chi connectivity index (χ0) is 15.5. The normalized spacial score (nSPS) is 21.9. The van der Waals surface area contributed by atoms with Crippen molar-refractivity contribution in [2.45, 2.75) is 38.1 Å². The van der Waals surface area contributed by atoms with Crippen LogP contribution in [0, 0.1) is 0 Å². The first-order valence-corrected chi connectivity index (χ1v) is 8.80. The molecule has 116 valence electrons. The van der Waals surface area contributed by atoms with Crippen LogP contribution in [0.2, 0.25) is 0 Å². The fourth-order valence-corrected chi connectivity index (χ4v) is 4.78. The molecule has 2 atom stereocenters. The van der Waals surface area contributed by atoms with Crippen molar-refractivity contribution in [2.75, 3.05) is 12.3 Å². The molecule has 0 amide bonds. The summed E-state index contributed by atoms with van der Waals surface area (Å²) in [5.41, 5.74) is 0.949. The molecular weight excluding hydrogens is 290 g/mol. The Labute approximate surface area is 125 Å². The Balaban J connectivity index is 2.15. The molecule has 0 aliphatic carbocycles. The Morgan fingerprint density at radius 1 is 1.33 bits per heavy atom. The van der Waals surface area contributed by atoms with E-state index in [0.717, 1.165) is 18.4 Å². The Morgan fingerprint density at radius 3 is 2.62 bits per heavy atom. The van der Waals surface area contributed by atoms with Gasteiger partial charge in [-0.15, -0.1) is 0 Å². The Hall–Kier alpha value is -1.40. The number of hydrogen-bond acceptors (Lipinski definition) is 3. The summed E-state index contributed by atoms with van der Waals surface area (Å²) in [4.78, 5) is 11.3. The van der Waals surface area contributed by atoms with Crippen LogP contribution in [0.3, 0.4) is 0 Å². The Kier molecular flexibility index (Phi) is 5.00. The molecule has 1 fully saturated rings. The second kappa shape index (κ2) is 6.58. The highest BCUT2D eigenvalue weighted by molar-refractivity contribution is 7.89.